The fourth-order valence-corrected chi connectivity index (χ4v) is 8.55. The van der Waals surface area contributed by atoms with E-state index in [9.17, 15) is 41.4 Å². The summed E-state index contributed by atoms with van der Waals surface area (Å²) < 4.78 is 102. The molecule has 0 spiro atoms. The second-order valence-corrected chi connectivity index (χ2v) is 14.0. The van der Waals surface area contributed by atoms with Crippen molar-refractivity contribution in [3.63, 3.8) is 0 Å². The van der Waals surface area contributed by atoms with Crippen LogP contribution in [-0.2, 0) is 19.0 Å². The van der Waals surface area contributed by atoms with Gasteiger partial charge in [-0.1, -0.05) is 32.3 Å². The lowest BCUT2D eigenvalue weighted by Gasteiger charge is -2.54. The SMILES string of the molecule is C=C(C)C(=O)OC1CC2CC1C(C1(OC(C)C(C)(O)C(F)(F)F)CCCC1)C2C1(OC(C)C(C)(O)C(F)(F)F)CCCC1. The molecule has 2 bridgehead atoms. The van der Waals surface area contributed by atoms with Crippen LogP contribution in [0.2, 0.25) is 0 Å². The van der Waals surface area contributed by atoms with Crippen molar-refractivity contribution in [3.05, 3.63) is 12.2 Å². The number of esters is 1. The van der Waals surface area contributed by atoms with Crippen LogP contribution in [0.15, 0.2) is 12.2 Å². The predicted octanol–water partition coefficient (Wildman–Crippen LogP) is 6.81. The van der Waals surface area contributed by atoms with Gasteiger partial charge in [-0.15, -0.1) is 0 Å². The molecule has 0 amide bonds. The second-order valence-electron chi connectivity index (χ2n) is 14.0. The topological polar surface area (TPSA) is 85.2 Å². The number of rotatable bonds is 10. The smallest absolute Gasteiger partial charge is 0.419 e. The molecule has 0 aromatic carbocycles. The minimum Gasteiger partial charge on any atom is -0.459 e. The third kappa shape index (κ3) is 5.99. The van der Waals surface area contributed by atoms with Crippen molar-refractivity contribution in [2.75, 3.05) is 0 Å². The standard InChI is InChI=1S/C31H46F6O6/c1-17(2)25(38)41-22-16-20-15-21(22)24(29(13-9-10-14-29)43-19(4)27(6,40)31(35,36)37)23(20)28(11-7-8-12-28)42-18(3)26(5,39)30(32,33)34/h18-24,39-40H,1,7-16H2,2-6H3. The number of hydrogen-bond acceptors (Lipinski definition) is 6. The molecule has 0 aliphatic heterocycles. The Balaban J connectivity index is 1.78. The molecule has 0 aromatic rings. The molecular formula is C31H46F6O6. The summed E-state index contributed by atoms with van der Waals surface area (Å²) in [7, 11) is 0. The third-order valence-electron chi connectivity index (χ3n) is 11.2. The van der Waals surface area contributed by atoms with Crippen molar-refractivity contribution in [2.45, 2.75) is 152 Å². The van der Waals surface area contributed by atoms with Crippen molar-refractivity contribution in [3.8, 4) is 0 Å². The first kappa shape index (κ1) is 34.5. The van der Waals surface area contributed by atoms with Gasteiger partial charge in [-0.25, -0.2) is 4.79 Å². The van der Waals surface area contributed by atoms with E-state index in [1.807, 2.05) is 0 Å². The van der Waals surface area contributed by atoms with E-state index in [-0.39, 0.29) is 17.4 Å². The molecule has 9 atom stereocenters. The van der Waals surface area contributed by atoms with Crippen LogP contribution in [-0.4, -0.2) is 69.3 Å². The second kappa shape index (κ2) is 11.5. The number of alkyl halides is 6. The quantitative estimate of drug-likeness (QED) is 0.157. The maximum atomic E-state index is 13.9. The first-order valence-corrected chi connectivity index (χ1v) is 15.4. The van der Waals surface area contributed by atoms with E-state index in [2.05, 4.69) is 6.58 Å². The highest BCUT2D eigenvalue weighted by molar-refractivity contribution is 5.87. The zero-order chi connectivity index (χ0) is 32.4. The van der Waals surface area contributed by atoms with Gasteiger partial charge in [0, 0.05) is 17.4 Å². The number of fused-ring (bicyclic) bond motifs is 2. The molecule has 0 saturated heterocycles. The number of hydrogen-bond donors (Lipinski definition) is 2. The van der Waals surface area contributed by atoms with E-state index in [0.29, 0.717) is 78.1 Å². The molecule has 9 unspecified atom stereocenters. The summed E-state index contributed by atoms with van der Waals surface area (Å²) in [6.45, 7) is 8.94. The molecule has 43 heavy (non-hydrogen) atoms. The Bertz CT molecular complexity index is 1040. The van der Waals surface area contributed by atoms with Crippen LogP contribution in [0.25, 0.3) is 0 Å². The number of aliphatic hydroxyl groups is 2. The largest absolute Gasteiger partial charge is 0.459 e. The highest BCUT2D eigenvalue weighted by atomic mass is 19.4. The van der Waals surface area contributed by atoms with E-state index in [4.69, 9.17) is 14.2 Å². The molecular weight excluding hydrogens is 582 g/mol. The van der Waals surface area contributed by atoms with E-state index in [1.165, 1.54) is 20.8 Å². The van der Waals surface area contributed by atoms with Gasteiger partial charge < -0.3 is 24.4 Å². The molecule has 6 nitrogen and oxygen atoms in total. The Hall–Kier alpha value is -1.37. The van der Waals surface area contributed by atoms with Crippen molar-refractivity contribution in [1.82, 2.24) is 0 Å². The summed E-state index contributed by atoms with van der Waals surface area (Å²) in [5.41, 5.74) is -8.31. The summed E-state index contributed by atoms with van der Waals surface area (Å²) in [5.74, 6) is -1.99. The van der Waals surface area contributed by atoms with Crippen LogP contribution in [0, 0.1) is 23.7 Å². The molecule has 0 radical (unpaired) electrons. The molecule has 0 heterocycles. The summed E-state index contributed by atoms with van der Waals surface area (Å²) in [5, 5.41) is 21.0. The Labute approximate surface area is 249 Å². The zero-order valence-electron chi connectivity index (χ0n) is 25.6. The Morgan fingerprint density at radius 3 is 1.56 bits per heavy atom. The van der Waals surface area contributed by atoms with Crippen molar-refractivity contribution in [1.29, 1.82) is 0 Å². The maximum Gasteiger partial charge on any atom is 0.419 e. The van der Waals surface area contributed by atoms with Crippen LogP contribution in [0.1, 0.15) is 98.8 Å². The molecule has 4 fully saturated rings. The minimum atomic E-state index is -4.96. The van der Waals surface area contributed by atoms with Crippen molar-refractivity contribution in [2.24, 2.45) is 23.7 Å². The minimum absolute atomic E-state index is 0.154. The van der Waals surface area contributed by atoms with Crippen LogP contribution < -0.4 is 0 Å². The first-order valence-electron chi connectivity index (χ1n) is 15.4. The molecule has 4 saturated carbocycles. The number of ether oxygens (including phenoxy) is 3. The van der Waals surface area contributed by atoms with Gasteiger partial charge >= 0.3 is 18.3 Å². The fraction of sp³-hybridized carbons (Fsp3) is 0.903. The van der Waals surface area contributed by atoms with Gasteiger partial charge in [0.15, 0.2) is 11.2 Å². The molecule has 4 aliphatic rings. The Kier molecular flexibility index (Phi) is 9.19. The highest BCUT2D eigenvalue weighted by Gasteiger charge is 2.69. The van der Waals surface area contributed by atoms with Gasteiger partial charge in [-0.05, 0) is 85.0 Å². The van der Waals surface area contributed by atoms with E-state index >= 15 is 0 Å². The van der Waals surface area contributed by atoms with Gasteiger partial charge in [-0.3, -0.25) is 0 Å². The number of carbonyl (C=O) groups excluding carboxylic acids is 1. The molecule has 12 heteroatoms. The normalized spacial score (nSPS) is 34.4. The molecule has 4 rings (SSSR count). The summed E-state index contributed by atoms with van der Waals surface area (Å²) >= 11 is 0. The molecule has 4 aliphatic carbocycles. The monoisotopic (exact) mass is 628 g/mol. The highest BCUT2D eigenvalue weighted by Crippen LogP contribution is 2.66. The van der Waals surface area contributed by atoms with Gasteiger partial charge in [0.05, 0.1) is 23.4 Å². The van der Waals surface area contributed by atoms with Crippen LogP contribution in [0.4, 0.5) is 26.3 Å². The predicted molar refractivity (Wildman–Crippen MR) is 145 cm³/mol. The van der Waals surface area contributed by atoms with E-state index < -0.39 is 70.9 Å². The van der Waals surface area contributed by atoms with E-state index in [1.54, 1.807) is 0 Å². The average Bonchev–Trinajstić information content (AvgIpc) is 3.67. The van der Waals surface area contributed by atoms with Gasteiger partial charge in [0.25, 0.3) is 0 Å². The summed E-state index contributed by atoms with van der Waals surface area (Å²) in [4.78, 5) is 12.6. The van der Waals surface area contributed by atoms with Crippen molar-refractivity contribution >= 4 is 5.97 Å². The van der Waals surface area contributed by atoms with Gasteiger partial charge in [-0.2, -0.15) is 26.3 Å². The van der Waals surface area contributed by atoms with Crippen LogP contribution in [0.3, 0.4) is 0 Å². The Morgan fingerprint density at radius 1 is 0.791 bits per heavy atom. The number of carbonyl (C=O) groups is 1. The molecule has 2 N–H and O–H groups in total. The lowest BCUT2D eigenvalue weighted by atomic mass is 9.61. The summed E-state index contributed by atoms with van der Waals surface area (Å²) in [6.07, 6.45) is -8.43. The molecule has 0 aromatic heterocycles. The average molecular weight is 629 g/mol. The van der Waals surface area contributed by atoms with Crippen LogP contribution in [0.5, 0.6) is 0 Å². The van der Waals surface area contributed by atoms with E-state index in [0.717, 1.165) is 0 Å². The zero-order valence-corrected chi connectivity index (χ0v) is 25.6. The lowest BCUT2D eigenvalue weighted by molar-refractivity contribution is -0.317. The first-order chi connectivity index (χ1) is 19.6. The van der Waals surface area contributed by atoms with Crippen molar-refractivity contribution < 1.29 is 55.6 Å². The van der Waals surface area contributed by atoms with Gasteiger partial charge in [0.2, 0.25) is 0 Å². The Morgan fingerprint density at radius 2 is 1.19 bits per heavy atom. The molecule has 248 valence electrons. The summed E-state index contributed by atoms with van der Waals surface area (Å²) in [6, 6.07) is 0. The maximum absolute atomic E-state index is 13.9. The van der Waals surface area contributed by atoms with Gasteiger partial charge in [0.1, 0.15) is 6.10 Å². The van der Waals surface area contributed by atoms with Crippen LogP contribution >= 0.6 is 0 Å². The lowest BCUT2D eigenvalue weighted by Crippen LogP contribution is -2.61. The number of halogens is 6. The third-order valence-corrected chi connectivity index (χ3v) is 11.2. The fourth-order valence-electron chi connectivity index (χ4n) is 8.55.